The Morgan fingerprint density at radius 1 is 1.30 bits per heavy atom. The Bertz CT molecular complexity index is 749. The lowest BCUT2D eigenvalue weighted by atomic mass is 9.96. The number of nitrogens with zero attached hydrogens (tertiary/aromatic N) is 2. The predicted octanol–water partition coefficient (Wildman–Crippen LogP) is 3.12. The molecule has 0 bridgehead atoms. The molecule has 0 radical (unpaired) electrons. The molecule has 4 rings (SSSR count). The standard InChI is InChI=1S/C17H19N3O3/c1-20-16(21)11-7-12(15-9-18-10-23-15)14(22-2)8-13(11)19-17(20)5-3-4-6-17/h7-10,19H,3-6H2,1-2H3. The number of ether oxygens (including phenoxy) is 1. The second kappa shape index (κ2) is 5.01. The molecule has 0 saturated heterocycles. The van der Waals surface area contributed by atoms with Crippen molar-refractivity contribution in [1.82, 2.24) is 9.88 Å². The minimum absolute atomic E-state index is 0.0315. The highest BCUT2D eigenvalue weighted by Crippen LogP contribution is 2.44. The molecule has 1 spiro atoms. The molecule has 0 atom stereocenters. The van der Waals surface area contributed by atoms with Crippen LogP contribution in [0.15, 0.2) is 29.1 Å². The molecule has 23 heavy (non-hydrogen) atoms. The molecule has 1 amide bonds. The van der Waals surface area contributed by atoms with Crippen molar-refractivity contribution in [2.45, 2.75) is 31.3 Å². The van der Waals surface area contributed by atoms with E-state index < -0.39 is 0 Å². The number of fused-ring (bicyclic) bond motifs is 1. The van der Waals surface area contributed by atoms with E-state index in [4.69, 9.17) is 9.15 Å². The van der Waals surface area contributed by atoms with E-state index in [0.717, 1.165) is 36.9 Å². The molecule has 0 unspecified atom stereocenters. The molecule has 1 aliphatic heterocycles. The molecular weight excluding hydrogens is 294 g/mol. The maximum absolute atomic E-state index is 12.9. The lowest BCUT2D eigenvalue weighted by molar-refractivity contribution is 0.0600. The highest BCUT2D eigenvalue weighted by molar-refractivity contribution is 6.03. The van der Waals surface area contributed by atoms with Crippen molar-refractivity contribution in [2.24, 2.45) is 0 Å². The molecule has 6 heteroatoms. The van der Waals surface area contributed by atoms with Crippen LogP contribution in [0, 0.1) is 0 Å². The second-order valence-corrected chi connectivity index (χ2v) is 6.19. The molecule has 1 fully saturated rings. The minimum atomic E-state index is -0.261. The normalized spacial score (nSPS) is 18.9. The van der Waals surface area contributed by atoms with Crippen molar-refractivity contribution in [3.8, 4) is 17.1 Å². The molecule has 120 valence electrons. The average Bonchev–Trinajstić information content (AvgIpc) is 3.24. The maximum Gasteiger partial charge on any atom is 0.257 e. The fourth-order valence-corrected chi connectivity index (χ4v) is 3.70. The Kier molecular flexibility index (Phi) is 3.07. The minimum Gasteiger partial charge on any atom is -0.496 e. The number of aromatic nitrogens is 1. The van der Waals surface area contributed by atoms with Crippen LogP contribution < -0.4 is 10.1 Å². The van der Waals surface area contributed by atoms with E-state index in [-0.39, 0.29) is 11.6 Å². The summed E-state index contributed by atoms with van der Waals surface area (Å²) in [6.07, 6.45) is 7.20. The van der Waals surface area contributed by atoms with E-state index in [0.29, 0.717) is 17.1 Å². The van der Waals surface area contributed by atoms with Crippen LogP contribution in [0.25, 0.3) is 11.3 Å². The lowest BCUT2D eigenvalue weighted by Crippen LogP contribution is -2.56. The van der Waals surface area contributed by atoms with Crippen LogP contribution in [0.5, 0.6) is 5.75 Å². The SMILES string of the molecule is COc1cc2c(cc1-c1cnco1)C(=O)N(C)C1(CCCC1)N2. The van der Waals surface area contributed by atoms with Gasteiger partial charge in [-0.3, -0.25) is 4.79 Å². The highest BCUT2D eigenvalue weighted by Gasteiger charge is 2.44. The topological polar surface area (TPSA) is 67.6 Å². The summed E-state index contributed by atoms with van der Waals surface area (Å²) in [6, 6.07) is 3.71. The van der Waals surface area contributed by atoms with Crippen LogP contribution >= 0.6 is 0 Å². The number of hydrogen-bond acceptors (Lipinski definition) is 5. The van der Waals surface area contributed by atoms with Crippen LogP contribution in [-0.2, 0) is 0 Å². The summed E-state index contributed by atoms with van der Waals surface area (Å²) in [4.78, 5) is 18.7. The van der Waals surface area contributed by atoms with Gasteiger partial charge in [0.2, 0.25) is 0 Å². The van der Waals surface area contributed by atoms with Crippen LogP contribution in [0.2, 0.25) is 0 Å². The number of nitrogens with one attached hydrogen (secondary N) is 1. The lowest BCUT2D eigenvalue weighted by Gasteiger charge is -2.44. The Hall–Kier alpha value is -2.50. The Labute approximate surface area is 134 Å². The summed E-state index contributed by atoms with van der Waals surface area (Å²) in [5, 5.41) is 3.58. The van der Waals surface area contributed by atoms with Gasteiger partial charge in [0.05, 0.1) is 30.1 Å². The van der Waals surface area contributed by atoms with Crippen molar-refractivity contribution in [3.63, 3.8) is 0 Å². The zero-order chi connectivity index (χ0) is 16.0. The first-order chi connectivity index (χ1) is 11.1. The number of rotatable bonds is 2. The number of carbonyl (C=O) groups excluding carboxylic acids is 1. The summed E-state index contributed by atoms with van der Waals surface area (Å²) in [5.74, 6) is 1.28. The Morgan fingerprint density at radius 2 is 2.09 bits per heavy atom. The van der Waals surface area contributed by atoms with Gasteiger partial charge < -0.3 is 19.4 Å². The van der Waals surface area contributed by atoms with Crippen molar-refractivity contribution in [3.05, 3.63) is 30.3 Å². The first-order valence-electron chi connectivity index (χ1n) is 7.82. The van der Waals surface area contributed by atoms with E-state index >= 15 is 0 Å². The van der Waals surface area contributed by atoms with Crippen LogP contribution in [-0.4, -0.2) is 35.6 Å². The fourth-order valence-electron chi connectivity index (χ4n) is 3.70. The monoisotopic (exact) mass is 313 g/mol. The van der Waals surface area contributed by atoms with Gasteiger partial charge in [0.15, 0.2) is 12.2 Å². The van der Waals surface area contributed by atoms with Crippen molar-refractivity contribution < 1.29 is 13.9 Å². The second-order valence-electron chi connectivity index (χ2n) is 6.19. The first-order valence-corrected chi connectivity index (χ1v) is 7.82. The van der Waals surface area contributed by atoms with Gasteiger partial charge in [0, 0.05) is 13.1 Å². The zero-order valence-corrected chi connectivity index (χ0v) is 13.3. The van der Waals surface area contributed by atoms with Crippen LogP contribution in [0.4, 0.5) is 5.69 Å². The number of oxazole rings is 1. The van der Waals surface area contributed by atoms with Gasteiger partial charge in [0.25, 0.3) is 5.91 Å². The number of benzene rings is 1. The van der Waals surface area contributed by atoms with E-state index in [1.54, 1.807) is 13.3 Å². The summed E-state index contributed by atoms with van der Waals surface area (Å²) in [6.45, 7) is 0. The largest absolute Gasteiger partial charge is 0.496 e. The fraction of sp³-hybridized carbons (Fsp3) is 0.412. The number of hydrogen-bond donors (Lipinski definition) is 1. The summed E-state index contributed by atoms with van der Waals surface area (Å²) >= 11 is 0. The third kappa shape index (κ3) is 2.01. The molecule has 2 heterocycles. The number of anilines is 1. The van der Waals surface area contributed by atoms with E-state index in [1.807, 2.05) is 24.1 Å². The summed E-state index contributed by atoms with van der Waals surface area (Å²) < 4.78 is 10.9. The van der Waals surface area contributed by atoms with Crippen LogP contribution in [0.3, 0.4) is 0 Å². The van der Waals surface area contributed by atoms with Crippen molar-refractivity contribution in [2.75, 3.05) is 19.5 Å². The molecule has 1 N–H and O–H groups in total. The molecular formula is C17H19N3O3. The Morgan fingerprint density at radius 3 is 2.74 bits per heavy atom. The van der Waals surface area contributed by atoms with E-state index in [1.165, 1.54) is 6.39 Å². The zero-order valence-electron chi connectivity index (χ0n) is 13.3. The predicted molar refractivity (Wildman–Crippen MR) is 85.4 cm³/mol. The summed E-state index contributed by atoms with van der Waals surface area (Å²) in [7, 11) is 3.49. The number of amides is 1. The highest BCUT2D eigenvalue weighted by atomic mass is 16.5. The maximum atomic E-state index is 12.9. The van der Waals surface area contributed by atoms with Gasteiger partial charge in [-0.1, -0.05) is 0 Å². The van der Waals surface area contributed by atoms with E-state index in [2.05, 4.69) is 10.3 Å². The van der Waals surface area contributed by atoms with Gasteiger partial charge in [-0.2, -0.15) is 0 Å². The van der Waals surface area contributed by atoms with E-state index in [9.17, 15) is 4.79 Å². The first kappa shape index (κ1) is 14.1. The van der Waals surface area contributed by atoms with Crippen molar-refractivity contribution >= 4 is 11.6 Å². The average molecular weight is 313 g/mol. The molecule has 6 nitrogen and oxygen atoms in total. The molecule has 1 aromatic heterocycles. The molecule has 2 aliphatic rings. The molecule has 1 aromatic carbocycles. The van der Waals surface area contributed by atoms with Gasteiger partial charge in [-0.15, -0.1) is 0 Å². The number of carbonyl (C=O) groups is 1. The molecule has 2 aromatic rings. The number of methoxy groups -OCH3 is 1. The third-order valence-corrected chi connectivity index (χ3v) is 5.01. The van der Waals surface area contributed by atoms with Gasteiger partial charge in [-0.05, 0) is 31.7 Å². The van der Waals surface area contributed by atoms with Gasteiger partial charge >= 0.3 is 0 Å². The van der Waals surface area contributed by atoms with Crippen LogP contribution in [0.1, 0.15) is 36.0 Å². The van der Waals surface area contributed by atoms with Crippen molar-refractivity contribution in [1.29, 1.82) is 0 Å². The third-order valence-electron chi connectivity index (χ3n) is 5.01. The molecule has 1 saturated carbocycles. The Balaban J connectivity index is 1.85. The quantitative estimate of drug-likeness (QED) is 0.922. The van der Waals surface area contributed by atoms with Gasteiger partial charge in [0.1, 0.15) is 11.4 Å². The smallest absolute Gasteiger partial charge is 0.257 e. The van der Waals surface area contributed by atoms with Gasteiger partial charge in [-0.25, -0.2) is 4.98 Å². The molecule has 1 aliphatic carbocycles. The summed E-state index contributed by atoms with van der Waals surface area (Å²) in [5.41, 5.74) is 1.94.